The predicted molar refractivity (Wildman–Crippen MR) is 82.4 cm³/mol. The average molecular weight is 386 g/mol. The van der Waals surface area contributed by atoms with Gasteiger partial charge in [0.25, 0.3) is 5.91 Å². The van der Waals surface area contributed by atoms with E-state index in [-0.39, 0.29) is 11.1 Å². The van der Waals surface area contributed by atoms with E-state index < -0.39 is 24.4 Å². The molecule has 0 saturated carbocycles. The van der Waals surface area contributed by atoms with Crippen molar-refractivity contribution in [3.8, 4) is 0 Å². The molecule has 1 amide bonds. The highest BCUT2D eigenvalue weighted by atomic mass is 79.9. The first kappa shape index (κ1) is 17.2. The zero-order valence-electron chi connectivity index (χ0n) is 11.7. The van der Waals surface area contributed by atoms with E-state index >= 15 is 0 Å². The number of nitrogens with one attached hydrogen (secondary N) is 1. The largest absolute Gasteiger partial charge is 0.405 e. The first-order valence-corrected chi connectivity index (χ1v) is 7.31. The summed E-state index contributed by atoms with van der Waals surface area (Å²) >= 11 is 3.25. The summed E-state index contributed by atoms with van der Waals surface area (Å²) in [6.45, 7) is -1.45. The van der Waals surface area contributed by atoms with Crippen molar-refractivity contribution in [1.29, 1.82) is 0 Å². The van der Waals surface area contributed by atoms with Gasteiger partial charge in [-0.25, -0.2) is 0 Å². The van der Waals surface area contributed by atoms with E-state index in [1.807, 2.05) is 0 Å². The van der Waals surface area contributed by atoms with Crippen LogP contribution in [-0.4, -0.2) is 24.4 Å². The fraction of sp³-hybridized carbons (Fsp3) is 0.125. The predicted octanol–water partition coefficient (Wildman–Crippen LogP) is 3.97. The molecule has 0 aliphatic rings. The summed E-state index contributed by atoms with van der Waals surface area (Å²) in [6, 6.07) is 12.2. The van der Waals surface area contributed by atoms with Crippen molar-refractivity contribution < 1.29 is 22.8 Å². The van der Waals surface area contributed by atoms with Crippen LogP contribution in [0.2, 0.25) is 0 Å². The number of rotatable bonds is 4. The number of benzene rings is 2. The summed E-state index contributed by atoms with van der Waals surface area (Å²) in [5.74, 6) is -1.38. The minimum Gasteiger partial charge on any atom is -0.343 e. The number of alkyl halides is 3. The molecule has 0 atom stereocenters. The van der Waals surface area contributed by atoms with Crippen LogP contribution in [0.15, 0.2) is 53.0 Å². The van der Waals surface area contributed by atoms with Crippen LogP contribution in [0.4, 0.5) is 13.2 Å². The maximum Gasteiger partial charge on any atom is 0.405 e. The molecule has 3 nitrogen and oxygen atoms in total. The molecule has 1 N–H and O–H groups in total. The smallest absolute Gasteiger partial charge is 0.343 e. The van der Waals surface area contributed by atoms with Gasteiger partial charge < -0.3 is 5.32 Å². The molecule has 2 aromatic carbocycles. The van der Waals surface area contributed by atoms with Crippen LogP contribution in [-0.2, 0) is 0 Å². The molecule has 0 radical (unpaired) electrons. The molecule has 0 heterocycles. The van der Waals surface area contributed by atoms with E-state index in [4.69, 9.17) is 0 Å². The molecule has 0 spiro atoms. The van der Waals surface area contributed by atoms with Crippen LogP contribution in [0.3, 0.4) is 0 Å². The Morgan fingerprint density at radius 3 is 2.09 bits per heavy atom. The maximum absolute atomic E-state index is 12.5. The second-order valence-electron chi connectivity index (χ2n) is 4.68. The Bertz CT molecular complexity index is 727. The van der Waals surface area contributed by atoms with Crippen LogP contribution < -0.4 is 5.32 Å². The summed E-state index contributed by atoms with van der Waals surface area (Å²) in [4.78, 5) is 24.4. The summed E-state index contributed by atoms with van der Waals surface area (Å²) < 4.78 is 37.4. The summed E-state index contributed by atoms with van der Waals surface area (Å²) in [5.41, 5.74) is 0.295. The van der Waals surface area contributed by atoms with Crippen molar-refractivity contribution >= 4 is 27.6 Å². The van der Waals surface area contributed by atoms with Crippen LogP contribution in [0.1, 0.15) is 26.3 Å². The normalized spacial score (nSPS) is 11.1. The van der Waals surface area contributed by atoms with Crippen molar-refractivity contribution in [2.45, 2.75) is 6.18 Å². The maximum atomic E-state index is 12.5. The third-order valence-corrected chi connectivity index (χ3v) is 3.50. The Hall–Kier alpha value is -2.15. The zero-order chi connectivity index (χ0) is 17.0. The van der Waals surface area contributed by atoms with Crippen molar-refractivity contribution in [3.05, 3.63) is 69.7 Å². The number of ketones is 1. The first-order chi connectivity index (χ1) is 10.8. The minimum atomic E-state index is -4.51. The van der Waals surface area contributed by atoms with E-state index in [1.54, 1.807) is 35.6 Å². The monoisotopic (exact) mass is 385 g/mol. The molecule has 0 fully saturated rings. The van der Waals surface area contributed by atoms with Crippen molar-refractivity contribution in [2.75, 3.05) is 6.54 Å². The molecule has 0 unspecified atom stereocenters. The van der Waals surface area contributed by atoms with Crippen LogP contribution in [0, 0.1) is 0 Å². The van der Waals surface area contributed by atoms with Gasteiger partial charge in [-0.05, 0) is 30.3 Å². The van der Waals surface area contributed by atoms with Gasteiger partial charge in [0.15, 0.2) is 5.78 Å². The van der Waals surface area contributed by atoms with Crippen LogP contribution in [0.25, 0.3) is 0 Å². The topological polar surface area (TPSA) is 46.2 Å². The Kier molecular flexibility index (Phi) is 5.20. The molecular formula is C16H11BrF3NO2. The standard InChI is InChI=1S/C16H11BrF3NO2/c17-11-7-5-10(6-8-11)14(22)12-3-1-2-4-13(12)15(23)21-9-16(18,19)20/h1-8H,9H2,(H,21,23). The van der Waals surface area contributed by atoms with E-state index in [2.05, 4.69) is 15.9 Å². The lowest BCUT2D eigenvalue weighted by Gasteiger charge is -2.11. The Balaban J connectivity index is 2.28. The molecular weight excluding hydrogens is 375 g/mol. The molecule has 0 aliphatic heterocycles. The second-order valence-corrected chi connectivity index (χ2v) is 5.60. The van der Waals surface area contributed by atoms with Gasteiger partial charge in [-0.1, -0.05) is 34.1 Å². The van der Waals surface area contributed by atoms with Gasteiger partial charge in [-0.2, -0.15) is 13.2 Å². The third-order valence-electron chi connectivity index (χ3n) is 2.97. The molecule has 2 rings (SSSR count). The van der Waals surface area contributed by atoms with E-state index in [0.29, 0.717) is 5.56 Å². The second kappa shape index (κ2) is 6.95. The molecule has 7 heteroatoms. The minimum absolute atomic E-state index is 0.0505. The van der Waals surface area contributed by atoms with Gasteiger partial charge in [-0.3, -0.25) is 9.59 Å². The molecule has 0 aliphatic carbocycles. The van der Waals surface area contributed by atoms with E-state index in [0.717, 1.165) is 4.47 Å². The number of carbonyl (C=O) groups is 2. The molecule has 2 aromatic rings. The van der Waals surface area contributed by atoms with Crippen molar-refractivity contribution in [1.82, 2.24) is 5.32 Å². The first-order valence-electron chi connectivity index (χ1n) is 6.52. The molecule has 0 bridgehead atoms. The van der Waals surface area contributed by atoms with E-state index in [9.17, 15) is 22.8 Å². The molecule has 0 aromatic heterocycles. The van der Waals surface area contributed by atoms with Crippen molar-refractivity contribution in [2.24, 2.45) is 0 Å². The molecule has 23 heavy (non-hydrogen) atoms. The van der Waals surface area contributed by atoms with Gasteiger partial charge in [0, 0.05) is 15.6 Å². The highest BCUT2D eigenvalue weighted by molar-refractivity contribution is 9.10. The lowest BCUT2D eigenvalue weighted by Crippen LogP contribution is -2.34. The van der Waals surface area contributed by atoms with Crippen LogP contribution >= 0.6 is 15.9 Å². The Morgan fingerprint density at radius 2 is 1.52 bits per heavy atom. The Morgan fingerprint density at radius 1 is 0.957 bits per heavy atom. The summed E-state index contributed by atoms with van der Waals surface area (Å²) in [6.07, 6.45) is -4.51. The highest BCUT2D eigenvalue weighted by Crippen LogP contribution is 2.18. The van der Waals surface area contributed by atoms with E-state index in [1.165, 1.54) is 18.2 Å². The third kappa shape index (κ3) is 4.66. The van der Waals surface area contributed by atoms with Gasteiger partial charge in [0.2, 0.25) is 0 Å². The highest BCUT2D eigenvalue weighted by Gasteiger charge is 2.28. The van der Waals surface area contributed by atoms with Gasteiger partial charge in [-0.15, -0.1) is 0 Å². The SMILES string of the molecule is O=C(NCC(F)(F)F)c1ccccc1C(=O)c1ccc(Br)cc1. The quantitative estimate of drug-likeness (QED) is 0.809. The number of amides is 1. The summed E-state index contributed by atoms with van der Waals surface area (Å²) in [7, 11) is 0. The Labute approximate surface area is 138 Å². The number of carbonyl (C=O) groups excluding carboxylic acids is 2. The van der Waals surface area contributed by atoms with Gasteiger partial charge >= 0.3 is 6.18 Å². The lowest BCUT2D eigenvalue weighted by atomic mass is 9.98. The molecule has 120 valence electrons. The fourth-order valence-corrected chi connectivity index (χ4v) is 2.18. The fourth-order valence-electron chi connectivity index (χ4n) is 1.91. The lowest BCUT2D eigenvalue weighted by molar-refractivity contribution is -0.123. The average Bonchev–Trinajstić information content (AvgIpc) is 2.52. The molecule has 0 saturated heterocycles. The summed E-state index contributed by atoms with van der Waals surface area (Å²) in [5, 5.41) is 1.77. The van der Waals surface area contributed by atoms with Crippen molar-refractivity contribution in [3.63, 3.8) is 0 Å². The number of hydrogen-bond acceptors (Lipinski definition) is 2. The zero-order valence-corrected chi connectivity index (χ0v) is 13.2. The number of hydrogen-bond donors (Lipinski definition) is 1. The number of halogens is 4. The van der Waals surface area contributed by atoms with Crippen LogP contribution in [0.5, 0.6) is 0 Å². The van der Waals surface area contributed by atoms with Gasteiger partial charge in [0.05, 0.1) is 5.56 Å². The van der Waals surface area contributed by atoms with Gasteiger partial charge in [0.1, 0.15) is 6.54 Å².